The number of hydrogen-bond acceptors (Lipinski definition) is 6. The first-order valence-corrected chi connectivity index (χ1v) is 18.4. The molecule has 5 fully saturated rings. The molecule has 0 spiro atoms. The zero-order valence-electron chi connectivity index (χ0n) is 27.9. The molecule has 4 amide bonds. The van der Waals surface area contributed by atoms with Crippen LogP contribution in [0.15, 0.2) is 78.9 Å². The van der Waals surface area contributed by atoms with E-state index in [9.17, 15) is 19.2 Å². The molecular weight excluding hydrogens is 628 g/mol. The minimum atomic E-state index is -0.829. The van der Waals surface area contributed by atoms with Crippen LogP contribution >= 0.6 is 0 Å². The summed E-state index contributed by atoms with van der Waals surface area (Å²) in [5.41, 5.74) is 3.23. The Hall–Kier alpha value is -4.86. The fourth-order valence-electron chi connectivity index (χ4n) is 11.3. The summed E-state index contributed by atoms with van der Waals surface area (Å²) >= 11 is 0. The van der Waals surface area contributed by atoms with E-state index >= 15 is 0 Å². The van der Waals surface area contributed by atoms with Gasteiger partial charge in [0.1, 0.15) is 36.5 Å². The lowest BCUT2D eigenvalue weighted by atomic mass is 9.54. The molecule has 50 heavy (non-hydrogen) atoms. The first kappa shape index (κ1) is 30.0. The minimum absolute atomic E-state index is 0.0352. The van der Waals surface area contributed by atoms with Crippen LogP contribution in [0.1, 0.15) is 68.1 Å². The van der Waals surface area contributed by atoms with Gasteiger partial charge in [0.15, 0.2) is 0 Å². The number of fused-ring (bicyclic) bond motifs is 11. The molecule has 10 heteroatoms. The van der Waals surface area contributed by atoms with Gasteiger partial charge in [-0.05, 0) is 54.0 Å². The zero-order chi connectivity index (χ0) is 33.8. The molecule has 3 aromatic carbocycles. The maximum absolute atomic E-state index is 14.7. The standard InChI is InChI=1S/C40H42N6O4/c47-33-31-21-39(25-15-7-9-17-27(25)43-37(39)45(31)35(49)29(41-33)19-23-11-3-1-4-12-23)40-22-32-34(48)42-30(20-24-13-5-2-6-14-24)36(50)46(32)38(40)44-28-18-10-8-16-26(28)40/h1,3-4,7-12,15-18,24,29-32,37-38,43-44H,2,5-6,13-14,19-22H2,(H,41,47)(H,42,48)/t29-,30-,31-,32-,37+,38+,39?,40?/m0/s1. The fraction of sp³-hybridized carbons (Fsp3) is 0.450. The third-order valence-electron chi connectivity index (χ3n) is 13.3. The Morgan fingerprint density at radius 2 is 1.08 bits per heavy atom. The van der Waals surface area contributed by atoms with Crippen molar-refractivity contribution in [3.05, 3.63) is 95.6 Å². The van der Waals surface area contributed by atoms with Crippen molar-refractivity contribution in [1.82, 2.24) is 20.4 Å². The molecule has 6 heterocycles. The molecule has 6 aliphatic heterocycles. The van der Waals surface area contributed by atoms with E-state index in [1.54, 1.807) is 0 Å². The zero-order valence-corrected chi connectivity index (χ0v) is 27.9. The van der Waals surface area contributed by atoms with Gasteiger partial charge in [-0.2, -0.15) is 0 Å². The van der Waals surface area contributed by atoms with Crippen LogP contribution in [0, 0.1) is 5.92 Å². The second kappa shape index (κ2) is 10.8. The Kier molecular flexibility index (Phi) is 6.49. The van der Waals surface area contributed by atoms with E-state index in [2.05, 4.69) is 33.4 Å². The van der Waals surface area contributed by atoms with Crippen LogP contribution in [0.5, 0.6) is 0 Å². The molecule has 4 saturated heterocycles. The van der Waals surface area contributed by atoms with Gasteiger partial charge in [-0.1, -0.05) is 98.8 Å². The second-order valence-corrected chi connectivity index (χ2v) is 15.6. The fourth-order valence-corrected chi connectivity index (χ4v) is 11.3. The normalized spacial score (nSPS) is 35.2. The van der Waals surface area contributed by atoms with Crippen LogP contribution in [-0.4, -0.2) is 69.9 Å². The number of para-hydroxylation sites is 2. The van der Waals surface area contributed by atoms with E-state index in [0.29, 0.717) is 31.6 Å². The first-order chi connectivity index (χ1) is 24.4. The quantitative estimate of drug-likeness (QED) is 0.328. The number of nitrogens with one attached hydrogen (secondary N) is 4. The Morgan fingerprint density at radius 3 is 1.66 bits per heavy atom. The van der Waals surface area contributed by atoms with Gasteiger partial charge in [0.25, 0.3) is 0 Å². The van der Waals surface area contributed by atoms with Gasteiger partial charge in [-0.3, -0.25) is 19.2 Å². The molecule has 256 valence electrons. The van der Waals surface area contributed by atoms with Crippen molar-refractivity contribution in [1.29, 1.82) is 0 Å². The first-order valence-electron chi connectivity index (χ1n) is 18.4. The summed E-state index contributed by atoms with van der Waals surface area (Å²) in [5, 5.41) is 13.8. The lowest BCUT2D eigenvalue weighted by Gasteiger charge is -2.48. The van der Waals surface area contributed by atoms with E-state index in [4.69, 9.17) is 0 Å². The van der Waals surface area contributed by atoms with Crippen LogP contribution < -0.4 is 21.3 Å². The molecule has 8 atom stereocenters. The van der Waals surface area contributed by atoms with Crippen molar-refractivity contribution in [2.75, 3.05) is 10.6 Å². The molecule has 10 nitrogen and oxygen atoms in total. The number of rotatable bonds is 5. The highest BCUT2D eigenvalue weighted by atomic mass is 16.2. The highest BCUT2D eigenvalue weighted by Crippen LogP contribution is 2.68. The van der Waals surface area contributed by atoms with Crippen molar-refractivity contribution in [2.45, 2.75) is 105 Å². The topological polar surface area (TPSA) is 123 Å². The van der Waals surface area contributed by atoms with Crippen LogP contribution in [0.2, 0.25) is 0 Å². The maximum atomic E-state index is 14.7. The summed E-state index contributed by atoms with van der Waals surface area (Å²) in [6.45, 7) is 0. The van der Waals surface area contributed by atoms with E-state index in [1.165, 1.54) is 19.3 Å². The molecule has 4 N–H and O–H groups in total. The predicted octanol–water partition coefficient (Wildman–Crippen LogP) is 3.78. The van der Waals surface area contributed by atoms with Gasteiger partial charge in [-0.15, -0.1) is 0 Å². The largest absolute Gasteiger partial charge is 0.364 e. The predicted molar refractivity (Wildman–Crippen MR) is 187 cm³/mol. The smallest absolute Gasteiger partial charge is 0.247 e. The summed E-state index contributed by atoms with van der Waals surface area (Å²) in [5.74, 6) is -0.00783. The van der Waals surface area contributed by atoms with Crippen molar-refractivity contribution in [2.24, 2.45) is 5.92 Å². The number of carbonyl (C=O) groups is 4. The molecule has 0 radical (unpaired) electrons. The summed E-state index contributed by atoms with van der Waals surface area (Å²) in [6.07, 6.45) is 6.45. The summed E-state index contributed by atoms with van der Waals surface area (Å²) in [7, 11) is 0. The SMILES string of the molecule is O=C1N[C@@H](Cc2ccccc2)C(=O)N2[C@H]3Nc4ccccc4C3(C34C[C@H]5C(=O)N[C@@H](CC6CCCCC6)C(=O)N5[C@H]3Nc3ccccc34)C[C@@H]12. The Bertz CT molecular complexity index is 1930. The lowest BCUT2D eigenvalue weighted by molar-refractivity contribution is -0.149. The third kappa shape index (κ3) is 3.90. The Morgan fingerprint density at radius 1 is 0.580 bits per heavy atom. The maximum Gasteiger partial charge on any atom is 0.247 e. The van der Waals surface area contributed by atoms with Crippen LogP contribution in [0.3, 0.4) is 0 Å². The van der Waals surface area contributed by atoms with Crippen molar-refractivity contribution in [3.8, 4) is 0 Å². The van der Waals surface area contributed by atoms with Crippen molar-refractivity contribution in [3.63, 3.8) is 0 Å². The van der Waals surface area contributed by atoms with Gasteiger partial charge < -0.3 is 31.1 Å². The number of anilines is 2. The van der Waals surface area contributed by atoms with E-state index < -0.39 is 47.3 Å². The van der Waals surface area contributed by atoms with Crippen molar-refractivity contribution >= 4 is 35.0 Å². The average Bonchev–Trinajstić information content (AvgIpc) is 3.85. The van der Waals surface area contributed by atoms with E-state index in [0.717, 1.165) is 40.9 Å². The number of hydrogen-bond donors (Lipinski definition) is 4. The third-order valence-corrected chi connectivity index (χ3v) is 13.3. The van der Waals surface area contributed by atoms with Gasteiger partial charge in [0, 0.05) is 17.8 Å². The second-order valence-electron chi connectivity index (χ2n) is 15.6. The molecule has 7 aliphatic rings. The van der Waals surface area contributed by atoms with Gasteiger partial charge in [0.2, 0.25) is 23.6 Å². The molecule has 3 aromatic rings. The number of benzene rings is 3. The molecule has 1 saturated carbocycles. The van der Waals surface area contributed by atoms with E-state index in [1.807, 2.05) is 76.5 Å². The monoisotopic (exact) mass is 670 g/mol. The number of carbonyl (C=O) groups excluding carboxylic acids is 4. The van der Waals surface area contributed by atoms with Crippen LogP contribution in [0.25, 0.3) is 0 Å². The summed E-state index contributed by atoms with van der Waals surface area (Å²) in [4.78, 5) is 61.4. The highest BCUT2D eigenvalue weighted by molar-refractivity contribution is 6.01. The van der Waals surface area contributed by atoms with Crippen LogP contribution in [-0.2, 0) is 36.4 Å². The number of amides is 4. The molecule has 10 rings (SSSR count). The molecule has 0 bridgehead atoms. The Balaban J connectivity index is 1.11. The average molecular weight is 671 g/mol. The minimum Gasteiger partial charge on any atom is -0.364 e. The molecule has 0 aromatic heterocycles. The summed E-state index contributed by atoms with van der Waals surface area (Å²) in [6, 6.07) is 23.5. The number of nitrogens with zero attached hydrogens (tertiary/aromatic N) is 2. The van der Waals surface area contributed by atoms with E-state index in [-0.39, 0.29) is 23.6 Å². The molecule has 1 aliphatic carbocycles. The van der Waals surface area contributed by atoms with Crippen LogP contribution in [0.4, 0.5) is 11.4 Å². The highest BCUT2D eigenvalue weighted by Gasteiger charge is 2.78. The van der Waals surface area contributed by atoms with Gasteiger partial charge in [-0.25, -0.2) is 0 Å². The van der Waals surface area contributed by atoms with Gasteiger partial charge in [0.05, 0.1) is 10.8 Å². The molecule has 2 unspecified atom stereocenters. The van der Waals surface area contributed by atoms with Crippen molar-refractivity contribution < 1.29 is 19.2 Å². The molecular formula is C40H42N6O4. The lowest BCUT2D eigenvalue weighted by Crippen LogP contribution is -2.66. The summed E-state index contributed by atoms with van der Waals surface area (Å²) < 4.78 is 0. The number of piperazine rings is 2. The Labute approximate surface area is 291 Å². The van der Waals surface area contributed by atoms with Gasteiger partial charge >= 0.3 is 0 Å².